The lowest BCUT2D eigenvalue weighted by atomic mass is 9.86. The fraction of sp³-hybridized carbons (Fsp3) is 0.478. The molecule has 0 aromatic heterocycles. The van der Waals surface area contributed by atoms with E-state index in [0.717, 1.165) is 29.8 Å². The van der Waals surface area contributed by atoms with Crippen LogP contribution in [0.25, 0.3) is 11.1 Å². The number of likely N-dealkylation sites (tertiary alicyclic amines) is 1. The standard InChI is InChI=1S/C23H30ClNO2/c1-15-12-16(2)14-25(13-15)23(27)22(26)17(3)20-6-4-5-7-21(20)18-8-10-19(24)11-9-18/h4-11,15-17,22-23,26-27H,12-14H2,1-3H3. The van der Waals surface area contributed by atoms with Gasteiger partial charge in [0, 0.05) is 24.0 Å². The summed E-state index contributed by atoms with van der Waals surface area (Å²) < 4.78 is 0. The van der Waals surface area contributed by atoms with E-state index in [-0.39, 0.29) is 5.92 Å². The Labute approximate surface area is 167 Å². The Morgan fingerprint density at radius 2 is 1.56 bits per heavy atom. The fourth-order valence-electron chi connectivity index (χ4n) is 4.37. The van der Waals surface area contributed by atoms with Crippen LogP contribution in [-0.4, -0.2) is 40.5 Å². The molecular formula is C23H30ClNO2. The number of halogens is 1. The summed E-state index contributed by atoms with van der Waals surface area (Å²) in [5, 5.41) is 22.5. The predicted molar refractivity (Wildman–Crippen MR) is 112 cm³/mol. The predicted octanol–water partition coefficient (Wildman–Crippen LogP) is 4.77. The van der Waals surface area contributed by atoms with Gasteiger partial charge in [0.15, 0.2) is 0 Å². The number of hydrogen-bond donors (Lipinski definition) is 2. The van der Waals surface area contributed by atoms with Gasteiger partial charge >= 0.3 is 0 Å². The molecule has 5 unspecified atom stereocenters. The van der Waals surface area contributed by atoms with Crippen molar-refractivity contribution in [1.29, 1.82) is 0 Å². The highest BCUT2D eigenvalue weighted by molar-refractivity contribution is 6.30. The SMILES string of the molecule is CC1CC(C)CN(C(O)C(O)C(C)c2ccccc2-c2ccc(Cl)cc2)C1. The Hall–Kier alpha value is -1.39. The first-order chi connectivity index (χ1) is 12.9. The van der Waals surface area contributed by atoms with Crippen molar-refractivity contribution >= 4 is 11.6 Å². The molecule has 1 fully saturated rings. The summed E-state index contributed by atoms with van der Waals surface area (Å²) in [4.78, 5) is 2.03. The molecule has 4 heteroatoms. The molecule has 5 atom stereocenters. The van der Waals surface area contributed by atoms with E-state index in [1.807, 2.05) is 54.3 Å². The van der Waals surface area contributed by atoms with Gasteiger partial charge in [-0.25, -0.2) is 0 Å². The van der Waals surface area contributed by atoms with Gasteiger partial charge < -0.3 is 10.2 Å². The second-order valence-corrected chi connectivity index (χ2v) is 8.62. The quantitative estimate of drug-likeness (QED) is 0.776. The van der Waals surface area contributed by atoms with Gasteiger partial charge in [-0.2, -0.15) is 0 Å². The van der Waals surface area contributed by atoms with Gasteiger partial charge in [0.1, 0.15) is 12.3 Å². The first kappa shape index (κ1) is 20.3. The van der Waals surface area contributed by atoms with Gasteiger partial charge in [0.05, 0.1) is 0 Å². The van der Waals surface area contributed by atoms with Crippen LogP contribution in [0.1, 0.15) is 38.7 Å². The van der Waals surface area contributed by atoms with Gasteiger partial charge in [0.25, 0.3) is 0 Å². The molecule has 1 saturated heterocycles. The molecular weight excluding hydrogens is 358 g/mol. The van der Waals surface area contributed by atoms with Crippen molar-refractivity contribution in [3.8, 4) is 11.1 Å². The summed E-state index contributed by atoms with van der Waals surface area (Å²) in [6, 6.07) is 15.8. The third-order valence-electron chi connectivity index (χ3n) is 5.70. The summed E-state index contributed by atoms with van der Waals surface area (Å²) >= 11 is 6.02. The van der Waals surface area contributed by atoms with Crippen molar-refractivity contribution in [2.75, 3.05) is 13.1 Å². The first-order valence-corrected chi connectivity index (χ1v) is 10.2. The largest absolute Gasteiger partial charge is 0.388 e. The zero-order chi connectivity index (χ0) is 19.6. The number of piperidine rings is 1. The Morgan fingerprint density at radius 1 is 0.963 bits per heavy atom. The van der Waals surface area contributed by atoms with Crippen LogP contribution < -0.4 is 0 Å². The zero-order valence-corrected chi connectivity index (χ0v) is 17.1. The topological polar surface area (TPSA) is 43.7 Å². The summed E-state index contributed by atoms with van der Waals surface area (Å²) in [7, 11) is 0. The maximum atomic E-state index is 11.0. The molecule has 1 aliphatic heterocycles. The van der Waals surface area contributed by atoms with E-state index >= 15 is 0 Å². The number of aliphatic hydroxyl groups excluding tert-OH is 2. The monoisotopic (exact) mass is 387 g/mol. The summed E-state index contributed by atoms with van der Waals surface area (Å²) in [5.74, 6) is 0.874. The second kappa shape index (κ2) is 8.74. The van der Waals surface area contributed by atoms with Crippen molar-refractivity contribution < 1.29 is 10.2 Å². The summed E-state index contributed by atoms with van der Waals surface area (Å²) in [6.07, 6.45) is -0.534. The van der Waals surface area contributed by atoms with Crippen LogP contribution in [0, 0.1) is 11.8 Å². The van der Waals surface area contributed by atoms with E-state index in [0.29, 0.717) is 16.9 Å². The van der Waals surface area contributed by atoms with E-state index in [9.17, 15) is 10.2 Å². The summed E-state index contributed by atoms with van der Waals surface area (Å²) in [6.45, 7) is 8.06. The lowest BCUT2D eigenvalue weighted by Crippen LogP contribution is -2.51. The molecule has 0 bridgehead atoms. The van der Waals surface area contributed by atoms with Crippen LogP contribution in [0.2, 0.25) is 5.02 Å². The van der Waals surface area contributed by atoms with E-state index in [1.165, 1.54) is 6.42 Å². The molecule has 2 N–H and O–H groups in total. The lowest BCUT2D eigenvalue weighted by Gasteiger charge is -2.40. The minimum absolute atomic E-state index is 0.195. The van der Waals surface area contributed by atoms with E-state index in [4.69, 9.17) is 11.6 Å². The normalized spacial score (nSPS) is 24.4. The molecule has 3 nitrogen and oxygen atoms in total. The maximum absolute atomic E-state index is 11.0. The van der Waals surface area contributed by atoms with Crippen LogP contribution in [0.3, 0.4) is 0 Å². The molecule has 2 aromatic rings. The third kappa shape index (κ3) is 4.72. The molecule has 0 aliphatic carbocycles. The minimum Gasteiger partial charge on any atom is -0.388 e. The molecule has 1 heterocycles. The summed E-state index contributed by atoms with van der Waals surface area (Å²) in [5.41, 5.74) is 3.15. The first-order valence-electron chi connectivity index (χ1n) is 9.82. The van der Waals surface area contributed by atoms with Crippen molar-refractivity contribution in [2.45, 2.75) is 45.4 Å². The average Bonchev–Trinajstić information content (AvgIpc) is 2.66. The minimum atomic E-state index is -0.858. The van der Waals surface area contributed by atoms with Crippen LogP contribution in [0.15, 0.2) is 48.5 Å². The van der Waals surface area contributed by atoms with Gasteiger partial charge in [-0.15, -0.1) is 0 Å². The van der Waals surface area contributed by atoms with Gasteiger partial charge in [-0.05, 0) is 47.1 Å². The molecule has 146 valence electrons. The Morgan fingerprint density at radius 3 is 2.19 bits per heavy atom. The van der Waals surface area contributed by atoms with Crippen molar-refractivity contribution in [1.82, 2.24) is 4.90 Å². The Kier molecular flexibility index (Phi) is 6.59. The number of hydrogen-bond acceptors (Lipinski definition) is 3. The van der Waals surface area contributed by atoms with Crippen molar-refractivity contribution in [3.05, 3.63) is 59.1 Å². The van der Waals surface area contributed by atoms with E-state index < -0.39 is 12.3 Å². The average molecular weight is 388 g/mol. The van der Waals surface area contributed by atoms with Crippen LogP contribution in [0.5, 0.6) is 0 Å². The van der Waals surface area contributed by atoms with Crippen molar-refractivity contribution in [3.63, 3.8) is 0 Å². The molecule has 2 aromatic carbocycles. The second-order valence-electron chi connectivity index (χ2n) is 8.19. The number of nitrogens with zero attached hydrogens (tertiary/aromatic N) is 1. The zero-order valence-electron chi connectivity index (χ0n) is 16.3. The van der Waals surface area contributed by atoms with Crippen LogP contribution in [-0.2, 0) is 0 Å². The maximum Gasteiger partial charge on any atom is 0.134 e. The highest BCUT2D eigenvalue weighted by Gasteiger charge is 2.33. The molecule has 0 radical (unpaired) electrons. The number of aliphatic hydroxyl groups is 2. The Bertz CT molecular complexity index is 738. The van der Waals surface area contributed by atoms with Gasteiger partial charge in [-0.3, -0.25) is 4.90 Å². The van der Waals surface area contributed by atoms with Crippen molar-refractivity contribution in [2.24, 2.45) is 11.8 Å². The Balaban J connectivity index is 1.83. The third-order valence-corrected chi connectivity index (χ3v) is 5.95. The molecule has 0 amide bonds. The lowest BCUT2D eigenvalue weighted by molar-refractivity contribution is -0.109. The van der Waals surface area contributed by atoms with E-state index in [2.05, 4.69) is 19.9 Å². The highest BCUT2D eigenvalue weighted by Crippen LogP contribution is 2.33. The highest BCUT2D eigenvalue weighted by atomic mass is 35.5. The van der Waals surface area contributed by atoms with Crippen LogP contribution >= 0.6 is 11.6 Å². The van der Waals surface area contributed by atoms with E-state index in [1.54, 1.807) is 0 Å². The molecule has 0 saturated carbocycles. The van der Waals surface area contributed by atoms with Gasteiger partial charge in [0.2, 0.25) is 0 Å². The molecule has 3 rings (SSSR count). The molecule has 27 heavy (non-hydrogen) atoms. The van der Waals surface area contributed by atoms with Crippen LogP contribution in [0.4, 0.5) is 0 Å². The molecule has 1 aliphatic rings. The van der Waals surface area contributed by atoms with Gasteiger partial charge in [-0.1, -0.05) is 68.8 Å². The smallest absolute Gasteiger partial charge is 0.134 e. The fourth-order valence-corrected chi connectivity index (χ4v) is 4.50. The number of benzene rings is 2. The molecule has 0 spiro atoms. The number of rotatable bonds is 5.